The van der Waals surface area contributed by atoms with E-state index in [0.29, 0.717) is 12.5 Å². The summed E-state index contributed by atoms with van der Waals surface area (Å²) >= 11 is 0. The van der Waals surface area contributed by atoms with Crippen molar-refractivity contribution in [2.75, 3.05) is 47.6 Å². The van der Waals surface area contributed by atoms with Crippen LogP contribution < -0.4 is 14.8 Å². The van der Waals surface area contributed by atoms with Gasteiger partial charge in [-0.2, -0.15) is 0 Å². The van der Waals surface area contributed by atoms with Crippen molar-refractivity contribution < 1.29 is 14.2 Å². The number of halogens is 1. The van der Waals surface area contributed by atoms with Crippen molar-refractivity contribution >= 4 is 29.9 Å². The van der Waals surface area contributed by atoms with E-state index in [1.807, 2.05) is 7.05 Å². The number of aliphatic imine (C=N–C) groups is 1. The second kappa shape index (κ2) is 11.5. The Morgan fingerprint density at radius 2 is 1.85 bits per heavy atom. The molecule has 0 saturated carbocycles. The maximum atomic E-state index is 5.62. The van der Waals surface area contributed by atoms with Crippen LogP contribution in [0.2, 0.25) is 0 Å². The smallest absolute Gasteiger partial charge is 0.194 e. The summed E-state index contributed by atoms with van der Waals surface area (Å²) in [7, 11) is 5.16. The summed E-state index contributed by atoms with van der Waals surface area (Å²) in [5.74, 6) is 3.03. The number of hydrogen-bond donors (Lipinski definition) is 1. The molecule has 0 fully saturated rings. The number of methoxy groups -OCH3 is 2. The predicted molar refractivity (Wildman–Crippen MR) is 116 cm³/mol. The van der Waals surface area contributed by atoms with E-state index >= 15 is 0 Å². The molecule has 0 unspecified atom stereocenters. The van der Waals surface area contributed by atoms with Gasteiger partial charge in [0.15, 0.2) is 17.5 Å². The Morgan fingerprint density at radius 3 is 2.42 bits per heavy atom. The highest BCUT2D eigenvalue weighted by Gasteiger charge is 2.21. The van der Waals surface area contributed by atoms with Gasteiger partial charge in [0.1, 0.15) is 0 Å². The third kappa shape index (κ3) is 6.19. The maximum absolute atomic E-state index is 5.62. The first-order valence-corrected chi connectivity index (χ1v) is 8.86. The van der Waals surface area contributed by atoms with Gasteiger partial charge in [0.2, 0.25) is 0 Å². The second-order valence-electron chi connectivity index (χ2n) is 6.59. The van der Waals surface area contributed by atoms with Gasteiger partial charge in [-0.05, 0) is 35.6 Å². The highest BCUT2D eigenvalue weighted by atomic mass is 127. The van der Waals surface area contributed by atoms with Crippen molar-refractivity contribution in [2.24, 2.45) is 10.9 Å². The highest BCUT2D eigenvalue weighted by molar-refractivity contribution is 14.0. The van der Waals surface area contributed by atoms with Gasteiger partial charge in [0.25, 0.3) is 0 Å². The van der Waals surface area contributed by atoms with Gasteiger partial charge in [-0.25, -0.2) is 0 Å². The zero-order valence-electron chi connectivity index (χ0n) is 16.5. The molecule has 1 aromatic rings. The van der Waals surface area contributed by atoms with E-state index in [1.54, 1.807) is 14.2 Å². The number of guanidine groups is 1. The van der Waals surface area contributed by atoms with Gasteiger partial charge in [-0.3, -0.25) is 4.99 Å². The van der Waals surface area contributed by atoms with Crippen LogP contribution in [0.4, 0.5) is 0 Å². The van der Waals surface area contributed by atoms with Gasteiger partial charge in [-0.15, -0.1) is 24.0 Å². The lowest BCUT2D eigenvalue weighted by atomic mass is 9.99. The van der Waals surface area contributed by atoms with Gasteiger partial charge in [-0.1, -0.05) is 13.8 Å². The number of nitrogens with zero attached hydrogens (tertiary/aromatic N) is 2. The standard InChI is InChI=1S/C19H31N3O3.HI/c1-14(2)13-25-9-7-21-19(20-3)22-8-6-15-10-17(23-4)18(24-5)11-16(15)12-22;/h10-11,14H,6-9,12-13H2,1-5H3,(H,20,21);1H. The van der Waals surface area contributed by atoms with Crippen molar-refractivity contribution in [1.82, 2.24) is 10.2 Å². The highest BCUT2D eigenvalue weighted by Crippen LogP contribution is 2.33. The third-order valence-electron chi connectivity index (χ3n) is 4.21. The van der Waals surface area contributed by atoms with E-state index in [1.165, 1.54) is 11.1 Å². The molecular weight excluding hydrogens is 445 g/mol. The van der Waals surface area contributed by atoms with E-state index in [-0.39, 0.29) is 24.0 Å². The Bertz CT molecular complexity index is 594. The maximum Gasteiger partial charge on any atom is 0.194 e. The fourth-order valence-corrected chi connectivity index (χ4v) is 2.95. The van der Waals surface area contributed by atoms with Crippen molar-refractivity contribution in [3.63, 3.8) is 0 Å². The first-order valence-electron chi connectivity index (χ1n) is 8.86. The number of rotatable bonds is 7. The molecular formula is C19H32IN3O3. The van der Waals surface area contributed by atoms with Crippen LogP contribution in [0.15, 0.2) is 17.1 Å². The summed E-state index contributed by atoms with van der Waals surface area (Å²) in [6.45, 7) is 8.28. The van der Waals surface area contributed by atoms with Gasteiger partial charge < -0.3 is 24.4 Å². The van der Waals surface area contributed by atoms with Crippen LogP contribution in [-0.4, -0.2) is 58.4 Å². The van der Waals surface area contributed by atoms with E-state index < -0.39 is 0 Å². The van der Waals surface area contributed by atoms with Gasteiger partial charge in [0.05, 0.1) is 20.8 Å². The second-order valence-corrected chi connectivity index (χ2v) is 6.59. The summed E-state index contributed by atoms with van der Waals surface area (Å²) in [6.07, 6.45) is 0.959. The SMILES string of the molecule is CN=C(NCCOCC(C)C)N1CCc2cc(OC)c(OC)cc2C1.I. The minimum atomic E-state index is 0. The first-order chi connectivity index (χ1) is 12.1. The molecule has 0 spiro atoms. The molecule has 26 heavy (non-hydrogen) atoms. The van der Waals surface area contributed by atoms with Crippen LogP contribution in [0.3, 0.4) is 0 Å². The molecule has 1 aromatic carbocycles. The monoisotopic (exact) mass is 477 g/mol. The Hall–Kier alpha value is -1.22. The minimum Gasteiger partial charge on any atom is -0.493 e. The van der Waals surface area contributed by atoms with E-state index in [0.717, 1.165) is 50.1 Å². The fourth-order valence-electron chi connectivity index (χ4n) is 2.95. The van der Waals surface area contributed by atoms with E-state index in [4.69, 9.17) is 14.2 Å². The molecule has 1 aliphatic heterocycles. The average molecular weight is 477 g/mol. The van der Waals surface area contributed by atoms with E-state index in [9.17, 15) is 0 Å². The molecule has 6 nitrogen and oxygen atoms in total. The summed E-state index contributed by atoms with van der Waals surface area (Å²) in [6, 6.07) is 4.15. The minimum absolute atomic E-state index is 0. The Balaban J connectivity index is 0.00000338. The number of hydrogen-bond acceptors (Lipinski definition) is 4. The molecule has 2 rings (SSSR count). The molecule has 1 heterocycles. The largest absolute Gasteiger partial charge is 0.493 e. The number of benzene rings is 1. The molecule has 0 aromatic heterocycles. The molecule has 0 saturated heterocycles. The number of ether oxygens (including phenoxy) is 3. The molecule has 148 valence electrons. The van der Waals surface area contributed by atoms with Crippen molar-refractivity contribution in [3.05, 3.63) is 23.3 Å². The van der Waals surface area contributed by atoms with Crippen LogP contribution in [0.5, 0.6) is 11.5 Å². The molecule has 1 N–H and O–H groups in total. The lowest BCUT2D eigenvalue weighted by molar-refractivity contribution is 0.113. The van der Waals surface area contributed by atoms with Crippen molar-refractivity contribution in [3.8, 4) is 11.5 Å². The Labute approximate surface area is 174 Å². The molecule has 0 radical (unpaired) electrons. The molecule has 0 atom stereocenters. The summed E-state index contributed by atoms with van der Waals surface area (Å²) in [4.78, 5) is 6.67. The molecule has 0 amide bonds. The van der Waals surface area contributed by atoms with Crippen LogP contribution in [0, 0.1) is 5.92 Å². The average Bonchev–Trinajstić information content (AvgIpc) is 2.62. The lowest BCUT2D eigenvalue weighted by Gasteiger charge is -2.32. The number of fused-ring (bicyclic) bond motifs is 1. The lowest BCUT2D eigenvalue weighted by Crippen LogP contribution is -2.45. The van der Waals surface area contributed by atoms with Crippen LogP contribution in [0.1, 0.15) is 25.0 Å². The zero-order chi connectivity index (χ0) is 18.2. The van der Waals surface area contributed by atoms with Crippen LogP contribution in [0.25, 0.3) is 0 Å². The normalized spacial score (nSPS) is 13.9. The van der Waals surface area contributed by atoms with Gasteiger partial charge >= 0.3 is 0 Å². The first kappa shape index (κ1) is 22.8. The zero-order valence-corrected chi connectivity index (χ0v) is 18.8. The third-order valence-corrected chi connectivity index (χ3v) is 4.21. The number of nitrogens with one attached hydrogen (secondary N) is 1. The van der Waals surface area contributed by atoms with Crippen LogP contribution >= 0.6 is 24.0 Å². The molecule has 7 heteroatoms. The van der Waals surface area contributed by atoms with Gasteiger partial charge in [0, 0.05) is 33.3 Å². The molecule has 0 bridgehead atoms. The van der Waals surface area contributed by atoms with Crippen molar-refractivity contribution in [2.45, 2.75) is 26.8 Å². The summed E-state index contributed by atoms with van der Waals surface area (Å²) in [5, 5.41) is 3.39. The van der Waals surface area contributed by atoms with Crippen LogP contribution in [-0.2, 0) is 17.7 Å². The Morgan fingerprint density at radius 1 is 1.19 bits per heavy atom. The Kier molecular flexibility index (Phi) is 10.1. The van der Waals surface area contributed by atoms with E-state index in [2.05, 4.69) is 41.2 Å². The quantitative estimate of drug-likeness (QED) is 0.283. The summed E-state index contributed by atoms with van der Waals surface area (Å²) < 4.78 is 16.5. The summed E-state index contributed by atoms with van der Waals surface area (Å²) in [5.41, 5.74) is 2.56. The van der Waals surface area contributed by atoms with Crippen molar-refractivity contribution in [1.29, 1.82) is 0 Å². The predicted octanol–water partition coefficient (Wildman–Crippen LogP) is 2.93. The molecule has 1 aliphatic rings. The fraction of sp³-hybridized carbons (Fsp3) is 0.632. The molecule has 0 aliphatic carbocycles. The topological polar surface area (TPSA) is 55.3 Å².